The van der Waals surface area contributed by atoms with E-state index in [4.69, 9.17) is 20.9 Å². The molecule has 0 aromatic heterocycles. The molecular weight excluding hydrogens is 265 g/mol. The maximum Gasteiger partial charge on any atom is 0.477 e. The summed E-state index contributed by atoms with van der Waals surface area (Å²) in [6.07, 6.45) is 0.582. The molecule has 0 bridgehead atoms. The first-order chi connectivity index (χ1) is 8.71. The molecule has 1 heterocycles. The fourth-order valence-corrected chi connectivity index (χ4v) is 2.26. The highest BCUT2D eigenvalue weighted by molar-refractivity contribution is 6.60. The molecule has 1 aromatic rings. The molecule has 0 unspecified atom stereocenters. The highest BCUT2D eigenvalue weighted by Gasteiger charge is 2.53. The largest absolute Gasteiger partial charge is 0.477 e. The molecule has 5 heteroatoms. The topological polar surface area (TPSA) is 18.5 Å². The van der Waals surface area contributed by atoms with E-state index in [0.717, 1.165) is 5.56 Å². The Hall–Kier alpha value is -0.575. The third kappa shape index (κ3) is 3.12. The average molecular weight is 285 g/mol. The van der Waals surface area contributed by atoms with Crippen molar-refractivity contribution in [2.75, 3.05) is 0 Å². The SMILES string of the molecule is CC1(C)OB([C@H](Cl)Cc2ccc(F)cc2)OC1(C)C. The lowest BCUT2D eigenvalue weighted by atomic mass is 9.80. The van der Waals surface area contributed by atoms with Gasteiger partial charge in [-0.1, -0.05) is 12.1 Å². The standard InChI is InChI=1S/C14H19BClFO2/c1-13(2)14(3,4)19-15(18-13)12(16)9-10-5-7-11(17)8-6-10/h5-8,12H,9H2,1-4H3/t12-/m1/s1. The lowest BCUT2D eigenvalue weighted by molar-refractivity contribution is 0.00578. The zero-order valence-electron chi connectivity index (χ0n) is 11.7. The molecule has 0 spiro atoms. The van der Waals surface area contributed by atoms with Crippen molar-refractivity contribution < 1.29 is 13.7 Å². The quantitative estimate of drug-likeness (QED) is 0.623. The summed E-state index contributed by atoms with van der Waals surface area (Å²) in [4.78, 5) is 0. The van der Waals surface area contributed by atoms with Gasteiger partial charge in [-0.2, -0.15) is 0 Å². The highest BCUT2D eigenvalue weighted by Crippen LogP contribution is 2.38. The summed E-state index contributed by atoms with van der Waals surface area (Å²) in [6.45, 7) is 7.98. The van der Waals surface area contributed by atoms with Gasteiger partial charge in [-0.05, 0) is 51.8 Å². The van der Waals surface area contributed by atoms with Gasteiger partial charge in [-0.15, -0.1) is 11.6 Å². The number of benzene rings is 1. The minimum absolute atomic E-state index is 0.245. The Morgan fingerprint density at radius 2 is 1.58 bits per heavy atom. The number of alkyl halides is 1. The Bertz CT molecular complexity index is 431. The van der Waals surface area contributed by atoms with Gasteiger partial charge in [-0.25, -0.2) is 4.39 Å². The zero-order chi connectivity index (χ0) is 14.3. The first-order valence-corrected chi connectivity index (χ1v) is 6.89. The van der Waals surface area contributed by atoms with Gasteiger partial charge < -0.3 is 9.31 Å². The molecule has 2 nitrogen and oxygen atoms in total. The van der Waals surface area contributed by atoms with Crippen LogP contribution in [0.3, 0.4) is 0 Å². The van der Waals surface area contributed by atoms with Crippen LogP contribution in [-0.4, -0.2) is 23.6 Å². The molecule has 1 aromatic carbocycles. The Morgan fingerprint density at radius 1 is 1.11 bits per heavy atom. The Morgan fingerprint density at radius 3 is 2.05 bits per heavy atom. The maximum absolute atomic E-state index is 12.8. The number of halogens is 2. The van der Waals surface area contributed by atoms with Gasteiger partial charge in [0, 0.05) is 0 Å². The van der Waals surface area contributed by atoms with Crippen molar-refractivity contribution in [3.05, 3.63) is 35.6 Å². The third-order valence-corrected chi connectivity index (χ3v) is 4.27. The molecule has 1 aliphatic rings. The second-order valence-corrected chi connectivity index (χ2v) is 6.53. The fourth-order valence-electron chi connectivity index (χ4n) is 1.98. The van der Waals surface area contributed by atoms with Crippen molar-refractivity contribution in [3.8, 4) is 0 Å². The molecule has 19 heavy (non-hydrogen) atoms. The monoisotopic (exact) mass is 284 g/mol. The van der Waals surface area contributed by atoms with Crippen LogP contribution < -0.4 is 0 Å². The smallest absolute Gasteiger partial charge is 0.402 e. The van der Waals surface area contributed by atoms with Gasteiger partial charge in [0.15, 0.2) is 0 Å². The van der Waals surface area contributed by atoms with Crippen LogP contribution in [0.2, 0.25) is 0 Å². The van der Waals surface area contributed by atoms with E-state index >= 15 is 0 Å². The van der Waals surface area contributed by atoms with Crippen LogP contribution in [0.15, 0.2) is 24.3 Å². The zero-order valence-corrected chi connectivity index (χ0v) is 12.5. The van der Waals surface area contributed by atoms with E-state index in [1.165, 1.54) is 12.1 Å². The van der Waals surface area contributed by atoms with Crippen LogP contribution in [0.25, 0.3) is 0 Å². The molecule has 2 rings (SSSR count). The molecule has 0 saturated carbocycles. The first-order valence-electron chi connectivity index (χ1n) is 6.45. The van der Waals surface area contributed by atoms with Crippen LogP contribution in [0.1, 0.15) is 33.3 Å². The molecule has 0 aliphatic carbocycles. The van der Waals surface area contributed by atoms with E-state index in [9.17, 15) is 4.39 Å². The van der Waals surface area contributed by atoms with Gasteiger partial charge >= 0.3 is 7.12 Å². The van der Waals surface area contributed by atoms with E-state index in [0.29, 0.717) is 6.42 Å². The molecule has 1 saturated heterocycles. The summed E-state index contributed by atoms with van der Waals surface area (Å²) in [6, 6.07) is 6.33. The van der Waals surface area contributed by atoms with E-state index in [2.05, 4.69) is 0 Å². The fraction of sp³-hybridized carbons (Fsp3) is 0.571. The number of rotatable bonds is 3. The van der Waals surface area contributed by atoms with E-state index < -0.39 is 7.12 Å². The molecule has 1 atom stereocenters. The molecule has 1 aliphatic heterocycles. The van der Waals surface area contributed by atoms with E-state index in [1.807, 2.05) is 27.7 Å². The molecule has 1 fully saturated rings. The van der Waals surface area contributed by atoms with E-state index in [-0.39, 0.29) is 22.3 Å². The maximum atomic E-state index is 12.8. The molecular formula is C14H19BClFO2. The van der Waals surface area contributed by atoms with Crippen LogP contribution >= 0.6 is 11.6 Å². The minimum Gasteiger partial charge on any atom is -0.402 e. The number of hydrogen-bond donors (Lipinski definition) is 0. The summed E-state index contributed by atoms with van der Waals surface area (Å²) < 4.78 is 24.6. The van der Waals surface area contributed by atoms with Gasteiger partial charge in [0.1, 0.15) is 5.82 Å². The molecule has 0 radical (unpaired) electrons. The van der Waals surface area contributed by atoms with Crippen LogP contribution in [0, 0.1) is 5.82 Å². The molecule has 0 amide bonds. The van der Waals surface area contributed by atoms with Crippen molar-refractivity contribution >= 4 is 18.7 Å². The normalized spacial score (nSPS) is 22.5. The predicted molar refractivity (Wildman–Crippen MR) is 75.8 cm³/mol. The van der Waals surface area contributed by atoms with Crippen LogP contribution in [-0.2, 0) is 15.7 Å². The van der Waals surface area contributed by atoms with Crippen LogP contribution in [0.5, 0.6) is 0 Å². The molecule has 104 valence electrons. The van der Waals surface area contributed by atoms with E-state index in [1.54, 1.807) is 12.1 Å². The predicted octanol–water partition coefficient (Wildman–Crippen LogP) is 3.61. The van der Waals surface area contributed by atoms with Crippen molar-refractivity contribution in [2.45, 2.75) is 50.6 Å². The van der Waals surface area contributed by atoms with Crippen molar-refractivity contribution in [1.82, 2.24) is 0 Å². The lowest BCUT2D eigenvalue weighted by Gasteiger charge is -2.32. The van der Waals surface area contributed by atoms with Gasteiger partial charge in [0.05, 0.1) is 16.5 Å². The minimum atomic E-state index is -0.447. The number of hydrogen-bond acceptors (Lipinski definition) is 2. The highest BCUT2D eigenvalue weighted by atomic mass is 35.5. The van der Waals surface area contributed by atoms with Gasteiger partial charge in [0.2, 0.25) is 0 Å². The van der Waals surface area contributed by atoms with Gasteiger partial charge in [-0.3, -0.25) is 0 Å². The van der Waals surface area contributed by atoms with Crippen molar-refractivity contribution in [2.24, 2.45) is 0 Å². The van der Waals surface area contributed by atoms with Crippen molar-refractivity contribution in [3.63, 3.8) is 0 Å². The molecule has 0 N–H and O–H groups in total. The summed E-state index contributed by atoms with van der Waals surface area (Å²) in [7, 11) is -0.447. The third-order valence-electron chi connectivity index (χ3n) is 3.91. The first kappa shape index (κ1) is 14.8. The average Bonchev–Trinajstić information content (AvgIpc) is 2.51. The van der Waals surface area contributed by atoms with Crippen molar-refractivity contribution in [1.29, 1.82) is 0 Å². The van der Waals surface area contributed by atoms with Crippen LogP contribution in [0.4, 0.5) is 4.39 Å². The lowest BCUT2D eigenvalue weighted by Crippen LogP contribution is -2.41. The Labute approximate surface area is 119 Å². The summed E-state index contributed by atoms with van der Waals surface area (Å²) in [5.41, 5.74) is 0.206. The summed E-state index contributed by atoms with van der Waals surface area (Å²) in [5, 5.41) is -0.300. The second-order valence-electron chi connectivity index (χ2n) is 5.97. The summed E-state index contributed by atoms with van der Waals surface area (Å²) >= 11 is 6.37. The summed E-state index contributed by atoms with van der Waals surface area (Å²) in [5.74, 6) is -0.245. The second kappa shape index (κ2) is 5.08. The Kier molecular flexibility index (Phi) is 3.96. The van der Waals surface area contributed by atoms with Gasteiger partial charge in [0.25, 0.3) is 0 Å². The Balaban J connectivity index is 2.02.